The van der Waals surface area contributed by atoms with E-state index in [0.717, 1.165) is 25.9 Å². The van der Waals surface area contributed by atoms with E-state index in [9.17, 15) is 9.59 Å². The van der Waals surface area contributed by atoms with Crippen molar-refractivity contribution in [3.8, 4) is 0 Å². The molecule has 0 radical (unpaired) electrons. The summed E-state index contributed by atoms with van der Waals surface area (Å²) >= 11 is 0. The second-order valence-electron chi connectivity index (χ2n) is 5.13. The van der Waals surface area contributed by atoms with Gasteiger partial charge in [-0.05, 0) is 51.1 Å². The van der Waals surface area contributed by atoms with E-state index in [-0.39, 0.29) is 11.8 Å². The fourth-order valence-electron chi connectivity index (χ4n) is 2.74. The highest BCUT2D eigenvalue weighted by atomic mass is 16.2. The topological polar surface area (TPSA) is 49.4 Å². The van der Waals surface area contributed by atoms with Crippen LogP contribution in [0, 0.1) is 5.92 Å². The van der Waals surface area contributed by atoms with Crippen molar-refractivity contribution < 1.29 is 9.59 Å². The summed E-state index contributed by atoms with van der Waals surface area (Å²) < 4.78 is 0. The van der Waals surface area contributed by atoms with Crippen molar-refractivity contribution in [1.82, 2.24) is 10.2 Å². The van der Waals surface area contributed by atoms with E-state index >= 15 is 0 Å². The Hall–Kier alpha value is -0.900. The molecule has 17 heavy (non-hydrogen) atoms. The Morgan fingerprint density at radius 2 is 1.82 bits per heavy atom. The highest BCUT2D eigenvalue weighted by Gasteiger charge is 2.26. The van der Waals surface area contributed by atoms with Crippen LogP contribution in [-0.4, -0.2) is 36.3 Å². The number of piperidine rings is 1. The molecular formula is C13H22N2O2. The highest BCUT2D eigenvalue weighted by molar-refractivity contribution is 5.97. The van der Waals surface area contributed by atoms with Crippen molar-refractivity contribution in [2.24, 2.45) is 5.92 Å². The lowest BCUT2D eigenvalue weighted by Crippen LogP contribution is -2.41. The zero-order chi connectivity index (χ0) is 12.1. The van der Waals surface area contributed by atoms with E-state index in [1.807, 2.05) is 0 Å². The number of hydrogen-bond acceptors (Lipinski definition) is 3. The molecule has 0 spiro atoms. The van der Waals surface area contributed by atoms with E-state index in [0.29, 0.717) is 25.3 Å². The molecule has 2 fully saturated rings. The maximum absolute atomic E-state index is 11.6. The number of nitrogens with zero attached hydrogens (tertiary/aromatic N) is 1. The standard InChI is InChI=1S/C13H22N2O2/c16-12-4-1-5-13(17)15(12)10-7-11-3-2-8-14-9-6-11/h11,14H,1-10H2. The number of imide groups is 1. The Balaban J connectivity index is 1.79. The minimum Gasteiger partial charge on any atom is -0.317 e. The molecule has 0 aliphatic carbocycles. The van der Waals surface area contributed by atoms with Crippen LogP contribution in [-0.2, 0) is 9.59 Å². The Kier molecular flexibility index (Phi) is 4.54. The molecular weight excluding hydrogens is 216 g/mol. The van der Waals surface area contributed by atoms with E-state index in [1.165, 1.54) is 24.2 Å². The smallest absolute Gasteiger partial charge is 0.229 e. The summed E-state index contributed by atoms with van der Waals surface area (Å²) in [5.41, 5.74) is 0. The third-order valence-corrected chi connectivity index (χ3v) is 3.84. The first-order valence-electron chi connectivity index (χ1n) is 6.81. The van der Waals surface area contributed by atoms with Crippen molar-refractivity contribution in [2.75, 3.05) is 19.6 Å². The van der Waals surface area contributed by atoms with Crippen molar-refractivity contribution in [3.63, 3.8) is 0 Å². The van der Waals surface area contributed by atoms with Gasteiger partial charge in [-0.2, -0.15) is 0 Å². The largest absolute Gasteiger partial charge is 0.317 e. The lowest BCUT2D eigenvalue weighted by atomic mass is 9.96. The Morgan fingerprint density at radius 3 is 2.59 bits per heavy atom. The van der Waals surface area contributed by atoms with Gasteiger partial charge < -0.3 is 5.32 Å². The van der Waals surface area contributed by atoms with Gasteiger partial charge in [0.15, 0.2) is 0 Å². The van der Waals surface area contributed by atoms with Crippen LogP contribution in [0.4, 0.5) is 0 Å². The van der Waals surface area contributed by atoms with Crippen LogP contribution >= 0.6 is 0 Å². The molecule has 96 valence electrons. The van der Waals surface area contributed by atoms with E-state index in [1.54, 1.807) is 0 Å². The number of likely N-dealkylation sites (tertiary alicyclic amines) is 1. The van der Waals surface area contributed by atoms with Gasteiger partial charge in [-0.1, -0.05) is 0 Å². The zero-order valence-electron chi connectivity index (χ0n) is 10.4. The van der Waals surface area contributed by atoms with Crippen LogP contribution < -0.4 is 5.32 Å². The SMILES string of the molecule is O=C1CCCC(=O)N1CCC1CCCNCC1. The average molecular weight is 238 g/mol. The lowest BCUT2D eigenvalue weighted by molar-refractivity contribution is -0.148. The molecule has 2 rings (SSSR count). The molecule has 2 heterocycles. The third-order valence-electron chi connectivity index (χ3n) is 3.84. The van der Waals surface area contributed by atoms with Gasteiger partial charge in [-0.3, -0.25) is 14.5 Å². The maximum atomic E-state index is 11.6. The van der Waals surface area contributed by atoms with Crippen molar-refractivity contribution >= 4 is 11.8 Å². The fraction of sp³-hybridized carbons (Fsp3) is 0.846. The summed E-state index contributed by atoms with van der Waals surface area (Å²) in [6.07, 6.45) is 6.45. The van der Waals surface area contributed by atoms with Crippen LogP contribution in [0.25, 0.3) is 0 Å². The summed E-state index contributed by atoms with van der Waals surface area (Å²) in [6.45, 7) is 2.83. The lowest BCUT2D eigenvalue weighted by Gasteiger charge is -2.26. The number of hydrogen-bond donors (Lipinski definition) is 1. The molecule has 1 unspecified atom stereocenters. The van der Waals surface area contributed by atoms with Gasteiger partial charge in [0.2, 0.25) is 11.8 Å². The van der Waals surface area contributed by atoms with Crippen LogP contribution in [0.5, 0.6) is 0 Å². The quantitative estimate of drug-likeness (QED) is 0.754. The molecule has 2 amide bonds. The molecule has 1 atom stereocenters. The second-order valence-corrected chi connectivity index (χ2v) is 5.13. The number of nitrogens with one attached hydrogen (secondary N) is 1. The van der Waals surface area contributed by atoms with Crippen LogP contribution in [0.15, 0.2) is 0 Å². The van der Waals surface area contributed by atoms with Crippen LogP contribution in [0.1, 0.15) is 44.9 Å². The predicted octanol–water partition coefficient (Wildman–Crippen LogP) is 1.31. The molecule has 1 N–H and O–H groups in total. The molecule has 0 aromatic rings. The van der Waals surface area contributed by atoms with Crippen LogP contribution in [0.3, 0.4) is 0 Å². The molecule has 2 saturated heterocycles. The monoisotopic (exact) mass is 238 g/mol. The Bertz CT molecular complexity index is 267. The normalized spacial score (nSPS) is 27.1. The van der Waals surface area contributed by atoms with Crippen molar-refractivity contribution in [2.45, 2.75) is 44.9 Å². The number of amides is 2. The van der Waals surface area contributed by atoms with E-state index in [2.05, 4.69) is 5.32 Å². The zero-order valence-corrected chi connectivity index (χ0v) is 10.4. The van der Waals surface area contributed by atoms with Gasteiger partial charge in [-0.15, -0.1) is 0 Å². The molecule has 4 heteroatoms. The second kappa shape index (κ2) is 6.15. The number of carbonyl (C=O) groups excluding carboxylic acids is 2. The minimum atomic E-state index is 0.0352. The Labute approximate surface area is 103 Å². The van der Waals surface area contributed by atoms with Gasteiger partial charge in [0.25, 0.3) is 0 Å². The molecule has 0 bridgehead atoms. The van der Waals surface area contributed by atoms with Gasteiger partial charge >= 0.3 is 0 Å². The van der Waals surface area contributed by atoms with E-state index < -0.39 is 0 Å². The van der Waals surface area contributed by atoms with Gasteiger partial charge in [0.05, 0.1) is 0 Å². The average Bonchev–Trinajstić information content (AvgIpc) is 2.57. The predicted molar refractivity (Wildman–Crippen MR) is 65.4 cm³/mol. The fourth-order valence-corrected chi connectivity index (χ4v) is 2.74. The highest BCUT2D eigenvalue weighted by Crippen LogP contribution is 2.20. The van der Waals surface area contributed by atoms with Crippen molar-refractivity contribution in [3.05, 3.63) is 0 Å². The summed E-state index contributed by atoms with van der Waals surface area (Å²) in [7, 11) is 0. The summed E-state index contributed by atoms with van der Waals surface area (Å²) in [6, 6.07) is 0. The molecule has 0 aromatic carbocycles. The number of rotatable bonds is 3. The first-order chi connectivity index (χ1) is 8.27. The molecule has 2 aliphatic heterocycles. The third kappa shape index (κ3) is 3.53. The minimum absolute atomic E-state index is 0.0352. The molecule has 2 aliphatic rings. The first kappa shape index (κ1) is 12.6. The van der Waals surface area contributed by atoms with Crippen molar-refractivity contribution in [1.29, 1.82) is 0 Å². The van der Waals surface area contributed by atoms with Gasteiger partial charge in [0, 0.05) is 19.4 Å². The summed E-state index contributed by atoms with van der Waals surface area (Å²) in [5.74, 6) is 0.744. The summed E-state index contributed by atoms with van der Waals surface area (Å²) in [4.78, 5) is 24.8. The van der Waals surface area contributed by atoms with E-state index in [4.69, 9.17) is 0 Å². The molecule has 0 aromatic heterocycles. The van der Waals surface area contributed by atoms with Crippen LogP contribution in [0.2, 0.25) is 0 Å². The summed E-state index contributed by atoms with van der Waals surface area (Å²) in [5, 5.41) is 3.39. The van der Waals surface area contributed by atoms with Gasteiger partial charge in [-0.25, -0.2) is 0 Å². The first-order valence-corrected chi connectivity index (χ1v) is 6.81. The molecule has 4 nitrogen and oxygen atoms in total. The Morgan fingerprint density at radius 1 is 1.06 bits per heavy atom. The van der Waals surface area contributed by atoms with Gasteiger partial charge in [0.1, 0.15) is 0 Å². The number of carbonyl (C=O) groups is 2. The maximum Gasteiger partial charge on any atom is 0.229 e. The molecule has 0 saturated carbocycles.